The first-order chi connectivity index (χ1) is 11.4. The van der Waals surface area contributed by atoms with Crippen LogP contribution in [0.3, 0.4) is 0 Å². The molecule has 2 aromatic carbocycles. The van der Waals surface area contributed by atoms with Gasteiger partial charge in [-0.2, -0.15) is 0 Å². The standard InChI is InChI=1S/C17H14Cl2FNO3/c1-21(9-11-2-5-13(20)6-3-11)16(22)10-24-17(23)12-4-7-14(18)15(19)8-12/h2-8H,9-10H2,1H3. The number of nitrogens with zero attached hydrogens (tertiary/aromatic N) is 1. The van der Waals surface area contributed by atoms with Crippen LogP contribution in [-0.4, -0.2) is 30.4 Å². The van der Waals surface area contributed by atoms with Crippen molar-refractivity contribution in [3.8, 4) is 0 Å². The Morgan fingerprint density at radius 1 is 1.08 bits per heavy atom. The minimum absolute atomic E-state index is 0.207. The van der Waals surface area contributed by atoms with Gasteiger partial charge in [0.25, 0.3) is 5.91 Å². The molecule has 0 bridgehead atoms. The first-order valence-electron chi connectivity index (χ1n) is 6.97. The van der Waals surface area contributed by atoms with Crippen molar-refractivity contribution in [3.05, 3.63) is 69.5 Å². The maximum absolute atomic E-state index is 12.9. The maximum Gasteiger partial charge on any atom is 0.338 e. The summed E-state index contributed by atoms with van der Waals surface area (Å²) < 4.78 is 17.8. The molecule has 0 saturated carbocycles. The molecule has 0 fully saturated rings. The zero-order chi connectivity index (χ0) is 17.7. The van der Waals surface area contributed by atoms with Crippen molar-refractivity contribution in [1.82, 2.24) is 4.90 Å². The lowest BCUT2D eigenvalue weighted by atomic mass is 10.2. The molecule has 7 heteroatoms. The van der Waals surface area contributed by atoms with Gasteiger partial charge >= 0.3 is 5.97 Å². The van der Waals surface area contributed by atoms with Gasteiger partial charge < -0.3 is 9.64 Å². The van der Waals surface area contributed by atoms with Crippen LogP contribution in [0.5, 0.6) is 0 Å². The molecule has 0 radical (unpaired) electrons. The number of ether oxygens (including phenoxy) is 1. The molecule has 2 rings (SSSR count). The Kier molecular flexibility index (Phi) is 6.17. The molecular weight excluding hydrogens is 356 g/mol. The van der Waals surface area contributed by atoms with E-state index in [1.165, 1.54) is 35.2 Å². The van der Waals surface area contributed by atoms with Crippen LogP contribution >= 0.6 is 23.2 Å². The third-order valence-electron chi connectivity index (χ3n) is 3.24. The van der Waals surface area contributed by atoms with Crippen LogP contribution in [0.2, 0.25) is 10.0 Å². The quantitative estimate of drug-likeness (QED) is 0.749. The zero-order valence-electron chi connectivity index (χ0n) is 12.8. The van der Waals surface area contributed by atoms with Gasteiger partial charge in [-0.15, -0.1) is 0 Å². The van der Waals surface area contributed by atoms with Gasteiger partial charge in [-0.1, -0.05) is 35.3 Å². The van der Waals surface area contributed by atoms with Crippen molar-refractivity contribution in [3.63, 3.8) is 0 Å². The fourth-order valence-electron chi connectivity index (χ4n) is 1.90. The van der Waals surface area contributed by atoms with Crippen LogP contribution in [0.1, 0.15) is 15.9 Å². The molecule has 4 nitrogen and oxygen atoms in total. The second kappa shape index (κ2) is 8.13. The number of halogens is 3. The number of amides is 1. The van der Waals surface area contributed by atoms with Gasteiger partial charge in [0.15, 0.2) is 6.61 Å². The van der Waals surface area contributed by atoms with Crippen molar-refractivity contribution in [2.75, 3.05) is 13.7 Å². The number of hydrogen-bond donors (Lipinski definition) is 0. The van der Waals surface area contributed by atoms with Gasteiger partial charge in [0.1, 0.15) is 5.82 Å². The summed E-state index contributed by atoms with van der Waals surface area (Å²) in [4.78, 5) is 25.3. The van der Waals surface area contributed by atoms with Gasteiger partial charge in [0, 0.05) is 13.6 Å². The Labute approximate surface area is 148 Å². The van der Waals surface area contributed by atoms with Gasteiger partial charge in [-0.25, -0.2) is 9.18 Å². The Morgan fingerprint density at radius 2 is 1.75 bits per heavy atom. The SMILES string of the molecule is CN(Cc1ccc(F)cc1)C(=O)COC(=O)c1ccc(Cl)c(Cl)c1. The molecule has 0 aliphatic heterocycles. The Balaban J connectivity index is 1.88. The summed E-state index contributed by atoms with van der Waals surface area (Å²) in [6, 6.07) is 10.1. The van der Waals surface area contributed by atoms with Crippen LogP contribution in [-0.2, 0) is 16.1 Å². The lowest BCUT2D eigenvalue weighted by molar-refractivity contribution is -0.133. The van der Waals surface area contributed by atoms with Gasteiger partial charge in [0.2, 0.25) is 0 Å². The highest BCUT2D eigenvalue weighted by Crippen LogP contribution is 2.22. The van der Waals surface area contributed by atoms with Crippen molar-refractivity contribution < 1.29 is 18.7 Å². The van der Waals surface area contributed by atoms with Gasteiger partial charge in [-0.3, -0.25) is 4.79 Å². The van der Waals surface area contributed by atoms with Crippen LogP contribution in [0.25, 0.3) is 0 Å². The number of esters is 1. The molecule has 0 unspecified atom stereocenters. The van der Waals surface area contributed by atoms with E-state index in [1.54, 1.807) is 19.2 Å². The summed E-state index contributed by atoms with van der Waals surface area (Å²) in [5, 5.41) is 0.550. The Hall–Kier alpha value is -2.11. The highest BCUT2D eigenvalue weighted by Gasteiger charge is 2.14. The monoisotopic (exact) mass is 369 g/mol. The van der Waals surface area contributed by atoms with Gasteiger partial charge in [0.05, 0.1) is 15.6 Å². The van der Waals surface area contributed by atoms with Crippen molar-refractivity contribution in [2.45, 2.75) is 6.54 Å². The predicted molar refractivity (Wildman–Crippen MR) is 89.6 cm³/mol. The Morgan fingerprint density at radius 3 is 2.38 bits per heavy atom. The lowest BCUT2D eigenvalue weighted by Crippen LogP contribution is -2.30. The molecule has 24 heavy (non-hydrogen) atoms. The molecule has 1 amide bonds. The van der Waals surface area contributed by atoms with E-state index >= 15 is 0 Å². The number of carbonyl (C=O) groups excluding carboxylic acids is 2. The normalized spacial score (nSPS) is 10.3. The summed E-state index contributed by atoms with van der Waals surface area (Å²) in [7, 11) is 1.57. The molecular formula is C17H14Cl2FNO3. The highest BCUT2D eigenvalue weighted by molar-refractivity contribution is 6.42. The predicted octanol–water partition coefficient (Wildman–Crippen LogP) is 3.95. The molecule has 0 spiro atoms. The molecule has 0 N–H and O–H groups in total. The maximum atomic E-state index is 12.9. The summed E-state index contributed by atoms with van der Waals surface area (Å²) in [5.41, 5.74) is 0.974. The van der Waals surface area contributed by atoms with Crippen LogP contribution in [0, 0.1) is 5.82 Å². The van der Waals surface area contributed by atoms with Crippen molar-refractivity contribution in [1.29, 1.82) is 0 Å². The van der Waals surface area contributed by atoms with Crippen molar-refractivity contribution in [2.24, 2.45) is 0 Å². The first kappa shape index (κ1) is 18.2. The summed E-state index contributed by atoms with van der Waals surface area (Å²) >= 11 is 11.6. The summed E-state index contributed by atoms with van der Waals surface area (Å²) in [6.45, 7) is -0.125. The molecule has 0 aliphatic rings. The first-order valence-corrected chi connectivity index (χ1v) is 7.73. The molecule has 0 aliphatic carbocycles. The zero-order valence-corrected chi connectivity index (χ0v) is 14.3. The van der Waals surface area contributed by atoms with Gasteiger partial charge in [-0.05, 0) is 35.9 Å². The van der Waals surface area contributed by atoms with E-state index in [1.807, 2.05) is 0 Å². The second-order valence-electron chi connectivity index (χ2n) is 5.08. The largest absolute Gasteiger partial charge is 0.452 e. The van der Waals surface area contributed by atoms with Crippen LogP contribution in [0.15, 0.2) is 42.5 Å². The van der Waals surface area contributed by atoms with E-state index in [9.17, 15) is 14.0 Å². The van der Waals surface area contributed by atoms with E-state index < -0.39 is 12.6 Å². The van der Waals surface area contributed by atoms with E-state index in [4.69, 9.17) is 27.9 Å². The Bertz CT molecular complexity index is 750. The van der Waals surface area contributed by atoms with Crippen LogP contribution in [0.4, 0.5) is 4.39 Å². The van der Waals surface area contributed by atoms with E-state index in [0.29, 0.717) is 5.02 Å². The lowest BCUT2D eigenvalue weighted by Gasteiger charge is -2.17. The summed E-state index contributed by atoms with van der Waals surface area (Å²) in [6.07, 6.45) is 0. The van der Waals surface area contributed by atoms with E-state index in [2.05, 4.69) is 0 Å². The molecule has 0 atom stereocenters. The number of carbonyl (C=O) groups is 2. The molecule has 126 valence electrons. The molecule has 2 aromatic rings. The highest BCUT2D eigenvalue weighted by atomic mass is 35.5. The topological polar surface area (TPSA) is 46.6 Å². The average molecular weight is 370 g/mol. The molecule has 0 aromatic heterocycles. The van der Waals surface area contributed by atoms with E-state index in [-0.39, 0.29) is 28.9 Å². The number of benzene rings is 2. The van der Waals surface area contributed by atoms with Crippen molar-refractivity contribution >= 4 is 35.1 Å². The number of hydrogen-bond acceptors (Lipinski definition) is 3. The molecule has 0 saturated heterocycles. The fraction of sp³-hybridized carbons (Fsp3) is 0.176. The smallest absolute Gasteiger partial charge is 0.338 e. The second-order valence-corrected chi connectivity index (χ2v) is 5.90. The van der Waals surface area contributed by atoms with E-state index in [0.717, 1.165) is 5.56 Å². The third kappa shape index (κ3) is 4.94. The fourth-order valence-corrected chi connectivity index (χ4v) is 2.19. The molecule has 0 heterocycles. The number of likely N-dealkylation sites (N-methyl/N-ethyl adjacent to an activating group) is 1. The summed E-state index contributed by atoms with van der Waals surface area (Å²) in [5.74, 6) is -1.40. The minimum Gasteiger partial charge on any atom is -0.452 e. The number of rotatable bonds is 5. The van der Waals surface area contributed by atoms with Crippen LogP contribution < -0.4 is 0 Å². The average Bonchev–Trinajstić information content (AvgIpc) is 2.56. The third-order valence-corrected chi connectivity index (χ3v) is 3.98. The minimum atomic E-state index is -0.669.